The molecule has 0 radical (unpaired) electrons. The molecule has 71 heavy (non-hydrogen) atoms. The molecule has 0 aliphatic rings. The predicted octanol–water partition coefficient (Wildman–Crippen LogP) is 18.8. The number of nitrogens with zero attached hydrogens (tertiary/aromatic N) is 1. The van der Waals surface area contributed by atoms with Gasteiger partial charge in [-0.05, 0) is 51.4 Å². The largest absolute Gasteiger partial charge is 0.472 e. The second-order valence-corrected chi connectivity index (χ2v) is 23.2. The first-order chi connectivity index (χ1) is 34.5. The van der Waals surface area contributed by atoms with Gasteiger partial charge in [-0.25, -0.2) is 4.57 Å². The molecule has 0 aromatic heterocycles. The van der Waals surface area contributed by atoms with Gasteiger partial charge in [0, 0.05) is 12.8 Å². The van der Waals surface area contributed by atoms with Crippen LogP contribution in [0.2, 0.25) is 0 Å². The fourth-order valence-corrected chi connectivity index (χ4v) is 9.47. The van der Waals surface area contributed by atoms with E-state index in [4.69, 9.17) is 18.5 Å². The van der Waals surface area contributed by atoms with Gasteiger partial charge in [0.2, 0.25) is 0 Å². The highest BCUT2D eigenvalue weighted by atomic mass is 31.2. The lowest BCUT2D eigenvalue weighted by Crippen LogP contribution is -2.37. The van der Waals surface area contributed by atoms with Gasteiger partial charge in [-0.3, -0.25) is 18.6 Å². The third-order valence-electron chi connectivity index (χ3n) is 13.4. The van der Waals surface area contributed by atoms with Crippen LogP contribution in [0.1, 0.15) is 290 Å². The van der Waals surface area contributed by atoms with Crippen molar-refractivity contribution in [3.63, 3.8) is 0 Å². The number of hydrogen-bond acceptors (Lipinski definition) is 7. The smallest absolute Gasteiger partial charge is 0.462 e. The Morgan fingerprint density at radius 3 is 1.13 bits per heavy atom. The molecule has 0 spiro atoms. The minimum atomic E-state index is -4.38. The molecule has 1 N–H and O–H groups in total. The van der Waals surface area contributed by atoms with Crippen LogP contribution in [0.25, 0.3) is 0 Å². The standard InChI is InChI=1S/C61H116NO8P/c1-6-8-10-12-14-16-18-20-22-24-26-27-28-29-30-31-32-33-34-35-36-38-40-42-44-46-48-50-52-54-61(64)70-59(58-69-71(65,66)68-56-55-62(3,4)5)57-67-60(63)53-51-49-47-45-43-41-39-37-25-23-21-19-17-15-13-11-9-7-2/h18,20,24,26,28-29,59H,6-17,19,21-23,25,27,30-58H2,1-5H3/p+1/b20-18-,26-24-,29-28-. The highest BCUT2D eigenvalue weighted by Gasteiger charge is 2.27. The third kappa shape index (κ3) is 57.4. The van der Waals surface area contributed by atoms with E-state index in [9.17, 15) is 19.0 Å². The average molecular weight is 1020 g/mol. The van der Waals surface area contributed by atoms with E-state index in [1.54, 1.807) is 0 Å². The summed E-state index contributed by atoms with van der Waals surface area (Å²) < 4.78 is 34.6. The van der Waals surface area contributed by atoms with Crippen molar-refractivity contribution in [2.75, 3.05) is 47.5 Å². The van der Waals surface area contributed by atoms with Crippen LogP contribution in [0.4, 0.5) is 0 Å². The first-order valence-corrected chi connectivity index (χ1v) is 31.7. The second kappa shape index (κ2) is 53.1. The van der Waals surface area contributed by atoms with E-state index >= 15 is 0 Å². The molecular weight excluding hydrogens is 906 g/mol. The van der Waals surface area contributed by atoms with Gasteiger partial charge >= 0.3 is 19.8 Å². The van der Waals surface area contributed by atoms with Crippen LogP contribution < -0.4 is 0 Å². The number of unbranched alkanes of at least 4 members (excludes halogenated alkanes) is 36. The maximum atomic E-state index is 12.8. The van der Waals surface area contributed by atoms with E-state index in [1.807, 2.05) is 21.1 Å². The van der Waals surface area contributed by atoms with Crippen LogP contribution in [0, 0.1) is 0 Å². The Balaban J connectivity index is 4.09. The Kier molecular flexibility index (Phi) is 51.7. The van der Waals surface area contributed by atoms with Crippen molar-refractivity contribution in [2.45, 2.75) is 296 Å². The fraction of sp³-hybridized carbons (Fsp3) is 0.869. The molecule has 0 saturated carbocycles. The van der Waals surface area contributed by atoms with Crippen LogP contribution in [-0.4, -0.2) is 74.9 Å². The zero-order valence-electron chi connectivity index (χ0n) is 47.5. The van der Waals surface area contributed by atoms with Gasteiger partial charge < -0.3 is 18.9 Å². The summed E-state index contributed by atoms with van der Waals surface area (Å²) in [6, 6.07) is 0. The highest BCUT2D eigenvalue weighted by Crippen LogP contribution is 2.43. The molecule has 0 rings (SSSR count). The molecule has 2 atom stereocenters. The summed E-state index contributed by atoms with van der Waals surface area (Å²) in [5, 5.41) is 0. The Labute approximate surface area is 440 Å². The number of carbonyl (C=O) groups is 2. The maximum Gasteiger partial charge on any atom is 0.472 e. The van der Waals surface area contributed by atoms with Crippen molar-refractivity contribution in [2.24, 2.45) is 0 Å². The quantitative estimate of drug-likeness (QED) is 0.0211. The Bertz CT molecular complexity index is 1300. The van der Waals surface area contributed by atoms with Crippen LogP contribution in [0.15, 0.2) is 36.5 Å². The van der Waals surface area contributed by atoms with E-state index in [0.717, 1.165) is 44.9 Å². The Morgan fingerprint density at radius 2 is 0.761 bits per heavy atom. The molecule has 0 aliphatic heterocycles. The molecule has 0 saturated heterocycles. The fourth-order valence-electron chi connectivity index (χ4n) is 8.73. The van der Waals surface area contributed by atoms with Crippen molar-refractivity contribution in [3.05, 3.63) is 36.5 Å². The molecule has 0 aliphatic carbocycles. The average Bonchev–Trinajstić information content (AvgIpc) is 3.33. The van der Waals surface area contributed by atoms with Crippen molar-refractivity contribution >= 4 is 19.8 Å². The molecule has 10 heteroatoms. The zero-order chi connectivity index (χ0) is 52.0. The van der Waals surface area contributed by atoms with Crippen molar-refractivity contribution in [3.8, 4) is 0 Å². The molecule has 9 nitrogen and oxygen atoms in total. The summed E-state index contributed by atoms with van der Waals surface area (Å²) in [5.41, 5.74) is 0. The van der Waals surface area contributed by atoms with E-state index < -0.39 is 26.5 Å². The first-order valence-electron chi connectivity index (χ1n) is 30.2. The van der Waals surface area contributed by atoms with E-state index in [1.165, 1.54) is 212 Å². The van der Waals surface area contributed by atoms with Crippen molar-refractivity contribution in [1.82, 2.24) is 0 Å². The van der Waals surface area contributed by atoms with E-state index in [2.05, 4.69) is 50.3 Å². The second-order valence-electron chi connectivity index (χ2n) is 21.7. The van der Waals surface area contributed by atoms with Crippen molar-refractivity contribution < 1.29 is 42.1 Å². The number of carbonyl (C=O) groups excluding carboxylic acids is 2. The number of quaternary nitrogens is 1. The molecule has 418 valence electrons. The molecule has 0 heterocycles. The number of phosphoric ester groups is 1. The van der Waals surface area contributed by atoms with Crippen LogP contribution in [-0.2, 0) is 32.7 Å². The predicted molar refractivity (Wildman–Crippen MR) is 303 cm³/mol. The summed E-state index contributed by atoms with van der Waals surface area (Å²) in [6.45, 7) is 4.47. The number of likely N-dealkylation sites (N-methyl/N-ethyl adjacent to an activating group) is 1. The van der Waals surface area contributed by atoms with E-state index in [-0.39, 0.29) is 25.6 Å². The molecule has 0 amide bonds. The lowest BCUT2D eigenvalue weighted by molar-refractivity contribution is -0.870. The lowest BCUT2D eigenvalue weighted by Gasteiger charge is -2.24. The minimum absolute atomic E-state index is 0.0337. The lowest BCUT2D eigenvalue weighted by atomic mass is 10.0. The van der Waals surface area contributed by atoms with E-state index in [0.29, 0.717) is 23.9 Å². The summed E-state index contributed by atoms with van der Waals surface area (Å²) in [6.07, 6.45) is 65.0. The van der Waals surface area contributed by atoms with Crippen LogP contribution in [0.3, 0.4) is 0 Å². The maximum absolute atomic E-state index is 12.8. The number of allylic oxidation sites excluding steroid dienone is 6. The highest BCUT2D eigenvalue weighted by molar-refractivity contribution is 7.47. The van der Waals surface area contributed by atoms with Gasteiger partial charge in [0.05, 0.1) is 27.7 Å². The van der Waals surface area contributed by atoms with Gasteiger partial charge in [0.25, 0.3) is 0 Å². The Hall–Kier alpha value is -1.77. The number of rotatable bonds is 56. The number of esters is 2. The molecule has 0 aromatic carbocycles. The number of ether oxygens (including phenoxy) is 2. The molecule has 0 bridgehead atoms. The first kappa shape index (κ1) is 69.2. The van der Waals surface area contributed by atoms with Gasteiger partial charge in [-0.2, -0.15) is 0 Å². The topological polar surface area (TPSA) is 108 Å². The molecular formula is C61H117NO8P+. The summed E-state index contributed by atoms with van der Waals surface area (Å²) >= 11 is 0. The molecule has 0 aromatic rings. The van der Waals surface area contributed by atoms with Gasteiger partial charge in [0.1, 0.15) is 19.8 Å². The number of hydrogen-bond donors (Lipinski definition) is 1. The SMILES string of the molecule is CCCCCCC/C=C\C/C=C\C/C=C\CCCCCCCCCCCCCCCCC(=O)OC(COC(=O)CCCCCCCCCCCCCCCCCCCC)COP(=O)(O)OCC[N+](C)(C)C. The van der Waals surface area contributed by atoms with Crippen LogP contribution in [0.5, 0.6) is 0 Å². The normalized spacial score (nSPS) is 13.5. The summed E-state index contributed by atoms with van der Waals surface area (Å²) in [5.74, 6) is -0.783. The van der Waals surface area contributed by atoms with Gasteiger partial charge in [-0.1, -0.05) is 262 Å². The zero-order valence-corrected chi connectivity index (χ0v) is 48.4. The van der Waals surface area contributed by atoms with Crippen molar-refractivity contribution in [1.29, 1.82) is 0 Å². The third-order valence-corrected chi connectivity index (χ3v) is 14.4. The van der Waals surface area contributed by atoms with Crippen LogP contribution >= 0.6 is 7.82 Å². The summed E-state index contributed by atoms with van der Waals surface area (Å²) in [4.78, 5) is 35.7. The monoisotopic (exact) mass is 1020 g/mol. The molecule has 0 fully saturated rings. The molecule has 2 unspecified atom stereocenters. The van der Waals surface area contributed by atoms with Gasteiger partial charge in [0.15, 0.2) is 6.10 Å². The minimum Gasteiger partial charge on any atom is -0.462 e. The van der Waals surface area contributed by atoms with Gasteiger partial charge in [-0.15, -0.1) is 0 Å². The number of phosphoric acid groups is 1. The Morgan fingerprint density at radius 1 is 0.437 bits per heavy atom. The summed E-state index contributed by atoms with van der Waals surface area (Å²) in [7, 11) is 1.49.